The van der Waals surface area contributed by atoms with Crippen molar-refractivity contribution in [3.8, 4) is 0 Å². The minimum Gasteiger partial charge on any atom is -0.468 e. The zero-order valence-electron chi connectivity index (χ0n) is 16.5. The molecule has 0 fully saturated rings. The number of benzene rings is 1. The summed E-state index contributed by atoms with van der Waals surface area (Å²) in [6.45, 7) is 3.85. The lowest BCUT2D eigenvalue weighted by Crippen LogP contribution is -2.25. The van der Waals surface area contributed by atoms with Crippen LogP contribution in [0.3, 0.4) is 0 Å². The Kier molecular flexibility index (Phi) is 7.24. The normalized spacial score (nSPS) is 12.5. The van der Waals surface area contributed by atoms with Crippen molar-refractivity contribution in [2.45, 2.75) is 42.0 Å². The largest absolute Gasteiger partial charge is 0.468 e. The number of hydrogen-bond donors (Lipinski definition) is 2. The summed E-state index contributed by atoms with van der Waals surface area (Å²) in [6, 6.07) is 11.2. The Labute approximate surface area is 179 Å². The third-order valence-electron chi connectivity index (χ3n) is 4.15. The fourth-order valence-electron chi connectivity index (χ4n) is 2.57. The maximum Gasteiger partial charge on any atom is 0.240 e. The van der Waals surface area contributed by atoms with Crippen molar-refractivity contribution < 1.29 is 17.6 Å². The first kappa shape index (κ1) is 22.0. The molecule has 3 aromatic rings. The lowest BCUT2D eigenvalue weighted by Gasteiger charge is -2.14. The number of rotatable bonds is 9. The van der Waals surface area contributed by atoms with Crippen LogP contribution in [0, 0.1) is 6.92 Å². The standard InChI is InChI=1S/C20H22N4O4S2/c1-3-18(29-19-11-14(2)21-13-22-19)20(25)24-15-6-8-17(9-7-15)30(26,27)23-12-16-5-4-10-28-16/h4-11,13,18,23H,3,12H2,1-2H3,(H,24,25). The van der Waals surface area contributed by atoms with Gasteiger partial charge in [-0.1, -0.05) is 18.7 Å². The van der Waals surface area contributed by atoms with E-state index in [1.54, 1.807) is 24.3 Å². The van der Waals surface area contributed by atoms with Crippen molar-refractivity contribution >= 4 is 33.4 Å². The van der Waals surface area contributed by atoms with Crippen LogP contribution < -0.4 is 10.0 Å². The van der Waals surface area contributed by atoms with Crippen molar-refractivity contribution in [3.63, 3.8) is 0 Å². The Hall–Kier alpha value is -2.69. The average molecular weight is 447 g/mol. The Morgan fingerprint density at radius 2 is 1.97 bits per heavy atom. The Morgan fingerprint density at radius 3 is 2.60 bits per heavy atom. The molecule has 30 heavy (non-hydrogen) atoms. The summed E-state index contributed by atoms with van der Waals surface area (Å²) in [7, 11) is -3.69. The minimum absolute atomic E-state index is 0.0612. The number of nitrogens with zero attached hydrogens (tertiary/aromatic N) is 2. The van der Waals surface area contributed by atoms with E-state index in [-0.39, 0.29) is 22.6 Å². The molecule has 1 aromatic carbocycles. The summed E-state index contributed by atoms with van der Waals surface area (Å²) in [5.74, 6) is 0.342. The second-order valence-electron chi connectivity index (χ2n) is 6.43. The van der Waals surface area contributed by atoms with Crippen molar-refractivity contribution in [2.75, 3.05) is 5.32 Å². The van der Waals surface area contributed by atoms with Crippen LogP contribution in [-0.2, 0) is 21.4 Å². The molecule has 1 atom stereocenters. The van der Waals surface area contributed by atoms with Gasteiger partial charge in [0.15, 0.2) is 0 Å². The fraction of sp³-hybridized carbons (Fsp3) is 0.250. The highest BCUT2D eigenvalue weighted by Gasteiger charge is 2.20. The maximum absolute atomic E-state index is 12.6. The Balaban J connectivity index is 1.61. The number of thioether (sulfide) groups is 1. The van der Waals surface area contributed by atoms with Gasteiger partial charge in [-0.05, 0) is 55.8 Å². The third-order valence-corrected chi connectivity index (χ3v) is 6.87. The molecule has 10 heteroatoms. The van der Waals surface area contributed by atoms with E-state index in [0.29, 0.717) is 17.9 Å². The summed E-state index contributed by atoms with van der Waals surface area (Å²) in [5, 5.41) is 3.22. The average Bonchev–Trinajstić information content (AvgIpc) is 3.25. The Bertz CT molecular complexity index is 1080. The van der Waals surface area contributed by atoms with Gasteiger partial charge < -0.3 is 9.73 Å². The molecular formula is C20H22N4O4S2. The van der Waals surface area contributed by atoms with Gasteiger partial charge in [-0.3, -0.25) is 4.79 Å². The highest BCUT2D eigenvalue weighted by atomic mass is 32.2. The van der Waals surface area contributed by atoms with Crippen LogP contribution in [-0.4, -0.2) is 29.5 Å². The van der Waals surface area contributed by atoms with Gasteiger partial charge in [0.2, 0.25) is 15.9 Å². The first-order valence-corrected chi connectivity index (χ1v) is 11.6. The van der Waals surface area contributed by atoms with E-state index >= 15 is 0 Å². The van der Waals surface area contributed by atoms with Crippen LogP contribution in [0.1, 0.15) is 24.8 Å². The van der Waals surface area contributed by atoms with E-state index in [9.17, 15) is 13.2 Å². The highest BCUT2D eigenvalue weighted by molar-refractivity contribution is 8.00. The number of sulfonamides is 1. The molecule has 0 radical (unpaired) electrons. The fourth-order valence-corrected chi connectivity index (χ4v) is 4.53. The second-order valence-corrected chi connectivity index (χ2v) is 9.42. The number of hydrogen-bond acceptors (Lipinski definition) is 7. The molecule has 2 heterocycles. The number of amides is 1. The van der Waals surface area contributed by atoms with Crippen LogP contribution in [0.25, 0.3) is 0 Å². The van der Waals surface area contributed by atoms with Crippen molar-refractivity contribution in [3.05, 3.63) is 66.5 Å². The minimum atomic E-state index is -3.69. The summed E-state index contributed by atoms with van der Waals surface area (Å²) in [4.78, 5) is 21.0. The van der Waals surface area contributed by atoms with Crippen molar-refractivity contribution in [1.82, 2.24) is 14.7 Å². The predicted octanol–water partition coefficient (Wildman–Crippen LogP) is 3.37. The molecule has 0 aliphatic rings. The molecule has 0 aliphatic heterocycles. The van der Waals surface area contributed by atoms with Gasteiger partial charge in [0.1, 0.15) is 17.1 Å². The van der Waals surface area contributed by atoms with Crippen LogP contribution in [0.2, 0.25) is 0 Å². The van der Waals surface area contributed by atoms with Gasteiger partial charge >= 0.3 is 0 Å². The van der Waals surface area contributed by atoms with Crippen LogP contribution in [0.4, 0.5) is 5.69 Å². The topological polar surface area (TPSA) is 114 Å². The third kappa shape index (κ3) is 5.91. The van der Waals surface area contributed by atoms with Crippen LogP contribution in [0.15, 0.2) is 69.4 Å². The number of carbonyl (C=O) groups is 1. The second kappa shape index (κ2) is 9.88. The monoisotopic (exact) mass is 446 g/mol. The SMILES string of the molecule is CCC(Sc1cc(C)ncn1)C(=O)Nc1ccc(S(=O)(=O)NCc2ccco2)cc1. The summed E-state index contributed by atoms with van der Waals surface area (Å²) >= 11 is 1.36. The van der Waals surface area contributed by atoms with Crippen molar-refractivity contribution in [1.29, 1.82) is 0 Å². The van der Waals surface area contributed by atoms with E-state index in [1.165, 1.54) is 36.5 Å². The quantitative estimate of drug-likeness (QED) is 0.383. The van der Waals surface area contributed by atoms with Gasteiger partial charge in [0.25, 0.3) is 0 Å². The molecule has 0 bridgehead atoms. The van der Waals surface area contributed by atoms with E-state index < -0.39 is 10.0 Å². The Morgan fingerprint density at radius 1 is 1.20 bits per heavy atom. The zero-order valence-corrected chi connectivity index (χ0v) is 18.2. The first-order valence-electron chi connectivity index (χ1n) is 9.25. The number of furan rings is 1. The van der Waals surface area contributed by atoms with Gasteiger partial charge in [-0.2, -0.15) is 0 Å². The highest BCUT2D eigenvalue weighted by Crippen LogP contribution is 2.25. The zero-order chi connectivity index (χ0) is 21.6. The van der Waals surface area contributed by atoms with Crippen molar-refractivity contribution in [2.24, 2.45) is 0 Å². The summed E-state index contributed by atoms with van der Waals surface area (Å²) in [6.07, 6.45) is 3.57. The first-order chi connectivity index (χ1) is 14.4. The molecule has 0 spiro atoms. The van der Waals surface area contributed by atoms with E-state index in [0.717, 1.165) is 10.7 Å². The van der Waals surface area contributed by atoms with Gasteiger partial charge in [0.05, 0.1) is 23.0 Å². The molecule has 0 saturated heterocycles. The smallest absolute Gasteiger partial charge is 0.240 e. The van der Waals surface area contributed by atoms with E-state index in [2.05, 4.69) is 20.0 Å². The lowest BCUT2D eigenvalue weighted by molar-refractivity contribution is -0.115. The van der Waals surface area contributed by atoms with E-state index in [1.807, 2.05) is 19.9 Å². The molecular weight excluding hydrogens is 424 g/mol. The number of nitrogens with one attached hydrogen (secondary N) is 2. The molecule has 2 N–H and O–H groups in total. The van der Waals surface area contributed by atoms with E-state index in [4.69, 9.17) is 4.42 Å². The van der Waals surface area contributed by atoms with Crippen LogP contribution >= 0.6 is 11.8 Å². The van der Waals surface area contributed by atoms with Gasteiger partial charge in [0, 0.05) is 11.4 Å². The molecule has 0 aliphatic carbocycles. The van der Waals surface area contributed by atoms with Crippen LogP contribution in [0.5, 0.6) is 0 Å². The maximum atomic E-state index is 12.6. The number of aromatic nitrogens is 2. The molecule has 158 valence electrons. The molecule has 3 rings (SSSR count). The molecule has 8 nitrogen and oxygen atoms in total. The molecule has 1 unspecified atom stereocenters. The number of aryl methyl sites for hydroxylation is 1. The predicted molar refractivity (Wildman–Crippen MR) is 115 cm³/mol. The molecule has 1 amide bonds. The van der Waals surface area contributed by atoms with Gasteiger partial charge in [-0.25, -0.2) is 23.1 Å². The molecule has 0 saturated carbocycles. The number of anilines is 1. The lowest BCUT2D eigenvalue weighted by atomic mass is 10.3. The summed E-state index contributed by atoms with van der Waals surface area (Å²) < 4.78 is 32.4. The number of carbonyl (C=O) groups excluding carboxylic acids is 1. The molecule has 2 aromatic heterocycles. The van der Waals surface area contributed by atoms with Gasteiger partial charge in [-0.15, -0.1) is 0 Å². The summed E-state index contributed by atoms with van der Waals surface area (Å²) in [5.41, 5.74) is 1.35.